The van der Waals surface area contributed by atoms with Crippen molar-refractivity contribution in [3.8, 4) is 0 Å². The molecule has 1 amide bonds. The van der Waals surface area contributed by atoms with Gasteiger partial charge in [0.05, 0.1) is 17.5 Å². The highest BCUT2D eigenvalue weighted by molar-refractivity contribution is 7.93. The second-order valence-electron chi connectivity index (χ2n) is 6.04. The van der Waals surface area contributed by atoms with E-state index in [0.717, 1.165) is 5.56 Å². The average Bonchev–Trinajstić information content (AvgIpc) is 2.94. The van der Waals surface area contributed by atoms with Gasteiger partial charge < -0.3 is 5.32 Å². The summed E-state index contributed by atoms with van der Waals surface area (Å²) in [7, 11) is -3.27. The highest BCUT2D eigenvalue weighted by atomic mass is 35.5. The third-order valence-electron chi connectivity index (χ3n) is 4.19. The van der Waals surface area contributed by atoms with Gasteiger partial charge in [-0.1, -0.05) is 29.8 Å². The average molecular weight is 379 g/mol. The van der Waals surface area contributed by atoms with Crippen molar-refractivity contribution < 1.29 is 13.2 Å². The summed E-state index contributed by atoms with van der Waals surface area (Å²) in [5.74, 6) is -0.110. The number of rotatable bonds is 4. The van der Waals surface area contributed by atoms with E-state index in [4.69, 9.17) is 11.6 Å². The SMILES string of the molecule is C[C@H](NC(=O)c1cccc(N2CCCS2(=O)=O)c1)c1cccc(Cl)c1. The van der Waals surface area contributed by atoms with Crippen molar-refractivity contribution in [3.05, 3.63) is 64.7 Å². The molecule has 1 aliphatic rings. The van der Waals surface area contributed by atoms with Crippen molar-refractivity contribution in [2.24, 2.45) is 0 Å². The van der Waals surface area contributed by atoms with Gasteiger partial charge in [-0.3, -0.25) is 9.10 Å². The minimum atomic E-state index is -3.27. The Morgan fingerprint density at radius 1 is 1.20 bits per heavy atom. The van der Waals surface area contributed by atoms with Crippen LogP contribution < -0.4 is 9.62 Å². The lowest BCUT2D eigenvalue weighted by molar-refractivity contribution is 0.0940. The molecule has 0 unspecified atom stereocenters. The van der Waals surface area contributed by atoms with E-state index in [1.807, 2.05) is 19.1 Å². The topological polar surface area (TPSA) is 66.5 Å². The fourth-order valence-electron chi connectivity index (χ4n) is 2.87. The molecule has 7 heteroatoms. The van der Waals surface area contributed by atoms with Crippen LogP contribution in [-0.2, 0) is 10.0 Å². The van der Waals surface area contributed by atoms with Gasteiger partial charge in [-0.05, 0) is 49.2 Å². The molecule has 25 heavy (non-hydrogen) atoms. The van der Waals surface area contributed by atoms with Crippen LogP contribution in [-0.4, -0.2) is 26.6 Å². The lowest BCUT2D eigenvalue weighted by Gasteiger charge is -2.18. The highest BCUT2D eigenvalue weighted by Crippen LogP contribution is 2.25. The van der Waals surface area contributed by atoms with Gasteiger partial charge in [-0.15, -0.1) is 0 Å². The van der Waals surface area contributed by atoms with E-state index in [-0.39, 0.29) is 17.7 Å². The third kappa shape index (κ3) is 3.96. The van der Waals surface area contributed by atoms with Crippen molar-refractivity contribution in [3.63, 3.8) is 0 Å². The number of halogens is 1. The molecule has 0 bridgehead atoms. The van der Waals surface area contributed by atoms with E-state index in [1.165, 1.54) is 4.31 Å². The van der Waals surface area contributed by atoms with E-state index in [9.17, 15) is 13.2 Å². The first kappa shape index (κ1) is 17.8. The van der Waals surface area contributed by atoms with Gasteiger partial charge in [0.2, 0.25) is 10.0 Å². The highest BCUT2D eigenvalue weighted by Gasteiger charge is 2.28. The molecule has 0 radical (unpaired) electrons. The van der Waals surface area contributed by atoms with Crippen LogP contribution in [0.25, 0.3) is 0 Å². The van der Waals surface area contributed by atoms with E-state index in [0.29, 0.717) is 29.2 Å². The Morgan fingerprint density at radius 3 is 2.64 bits per heavy atom. The molecule has 5 nitrogen and oxygen atoms in total. The van der Waals surface area contributed by atoms with Crippen LogP contribution in [0.3, 0.4) is 0 Å². The Kier molecular flexibility index (Phi) is 5.01. The standard InChI is InChI=1S/C18H19ClN2O3S/c1-13(14-5-2-7-16(19)11-14)20-18(22)15-6-3-8-17(12-15)21-9-4-10-25(21,23)24/h2-3,5-8,11-13H,4,9-10H2,1H3,(H,20,22)/t13-/m0/s1. The first-order chi connectivity index (χ1) is 11.9. The number of sulfonamides is 1. The first-order valence-electron chi connectivity index (χ1n) is 8.03. The van der Waals surface area contributed by atoms with Gasteiger partial charge in [0.1, 0.15) is 0 Å². The molecular formula is C18H19ClN2O3S. The molecule has 1 aliphatic heterocycles. The summed E-state index contributed by atoms with van der Waals surface area (Å²) in [4.78, 5) is 12.5. The number of carbonyl (C=O) groups excluding carboxylic acids is 1. The van der Waals surface area contributed by atoms with Gasteiger partial charge in [0.15, 0.2) is 0 Å². The van der Waals surface area contributed by atoms with Crippen LogP contribution in [0.15, 0.2) is 48.5 Å². The second-order valence-corrected chi connectivity index (χ2v) is 8.49. The first-order valence-corrected chi connectivity index (χ1v) is 10.0. The number of carbonyl (C=O) groups is 1. The van der Waals surface area contributed by atoms with E-state index < -0.39 is 10.0 Å². The van der Waals surface area contributed by atoms with Gasteiger partial charge >= 0.3 is 0 Å². The minimum absolute atomic E-state index is 0.148. The van der Waals surface area contributed by atoms with Gasteiger partial charge in [-0.2, -0.15) is 0 Å². The lowest BCUT2D eigenvalue weighted by Crippen LogP contribution is -2.28. The fourth-order valence-corrected chi connectivity index (χ4v) is 4.63. The maximum Gasteiger partial charge on any atom is 0.251 e. The molecule has 1 fully saturated rings. The Morgan fingerprint density at radius 2 is 1.96 bits per heavy atom. The predicted octanol–water partition coefficient (Wildman–Crippen LogP) is 3.37. The predicted molar refractivity (Wildman–Crippen MR) is 99.5 cm³/mol. The second kappa shape index (κ2) is 7.06. The molecule has 0 saturated carbocycles. The molecule has 1 saturated heterocycles. The summed E-state index contributed by atoms with van der Waals surface area (Å²) in [6, 6.07) is 13.8. The minimum Gasteiger partial charge on any atom is -0.346 e. The van der Waals surface area contributed by atoms with Gasteiger partial charge in [-0.25, -0.2) is 8.42 Å². The van der Waals surface area contributed by atoms with Crippen LogP contribution >= 0.6 is 11.6 Å². The quantitative estimate of drug-likeness (QED) is 0.886. The largest absolute Gasteiger partial charge is 0.346 e. The Hall–Kier alpha value is -2.05. The smallest absolute Gasteiger partial charge is 0.251 e. The normalized spacial score (nSPS) is 17.3. The van der Waals surface area contributed by atoms with E-state index in [2.05, 4.69) is 5.32 Å². The zero-order chi connectivity index (χ0) is 18.0. The summed E-state index contributed by atoms with van der Waals surface area (Å²) < 4.78 is 25.5. The molecule has 2 aromatic carbocycles. The van der Waals surface area contributed by atoms with Crippen LogP contribution in [0.2, 0.25) is 5.02 Å². The van der Waals surface area contributed by atoms with Crippen molar-refractivity contribution in [1.82, 2.24) is 5.32 Å². The zero-order valence-electron chi connectivity index (χ0n) is 13.8. The number of nitrogens with zero attached hydrogens (tertiary/aromatic N) is 1. The summed E-state index contributed by atoms with van der Waals surface area (Å²) >= 11 is 5.99. The van der Waals surface area contributed by atoms with Crippen molar-refractivity contribution in [1.29, 1.82) is 0 Å². The van der Waals surface area contributed by atoms with E-state index in [1.54, 1.807) is 36.4 Å². The van der Waals surface area contributed by atoms with Crippen LogP contribution in [0.1, 0.15) is 35.3 Å². The molecule has 2 aromatic rings. The van der Waals surface area contributed by atoms with Crippen LogP contribution in [0.4, 0.5) is 5.69 Å². The van der Waals surface area contributed by atoms with Gasteiger partial charge in [0, 0.05) is 17.1 Å². The molecule has 1 N–H and O–H groups in total. The van der Waals surface area contributed by atoms with Crippen molar-refractivity contribution in [2.75, 3.05) is 16.6 Å². The molecule has 1 atom stereocenters. The van der Waals surface area contributed by atoms with Crippen LogP contribution in [0.5, 0.6) is 0 Å². The summed E-state index contributed by atoms with van der Waals surface area (Å²) in [5, 5.41) is 3.52. The van der Waals surface area contributed by atoms with Crippen molar-refractivity contribution in [2.45, 2.75) is 19.4 Å². The van der Waals surface area contributed by atoms with Gasteiger partial charge in [0.25, 0.3) is 5.91 Å². The number of amides is 1. The van der Waals surface area contributed by atoms with Crippen LogP contribution in [0, 0.1) is 0 Å². The summed E-state index contributed by atoms with van der Waals surface area (Å²) in [6.07, 6.45) is 0.602. The van der Waals surface area contributed by atoms with Crippen molar-refractivity contribution >= 4 is 33.2 Å². The maximum absolute atomic E-state index is 12.5. The maximum atomic E-state index is 12.5. The monoisotopic (exact) mass is 378 g/mol. The molecular weight excluding hydrogens is 360 g/mol. The molecule has 0 aromatic heterocycles. The number of hydrogen-bond acceptors (Lipinski definition) is 3. The molecule has 0 spiro atoms. The number of anilines is 1. The zero-order valence-corrected chi connectivity index (χ0v) is 15.3. The third-order valence-corrected chi connectivity index (χ3v) is 6.30. The molecule has 1 heterocycles. The summed E-state index contributed by atoms with van der Waals surface area (Å²) in [5.41, 5.74) is 1.85. The fraction of sp³-hybridized carbons (Fsp3) is 0.278. The number of nitrogens with one attached hydrogen (secondary N) is 1. The van der Waals surface area contributed by atoms with E-state index >= 15 is 0 Å². The molecule has 132 valence electrons. The molecule has 3 rings (SSSR count). The Labute approximate surface area is 152 Å². The number of hydrogen-bond donors (Lipinski definition) is 1. The summed E-state index contributed by atoms with van der Waals surface area (Å²) in [6.45, 7) is 2.32. The number of benzene rings is 2. The Balaban J connectivity index is 1.78. The Bertz CT molecular complexity index is 899. The molecule has 0 aliphatic carbocycles. The lowest BCUT2D eigenvalue weighted by atomic mass is 10.1.